The van der Waals surface area contributed by atoms with Gasteiger partial charge in [-0.25, -0.2) is 13.6 Å². The smallest absolute Gasteiger partial charge is 0.325 e. The lowest BCUT2D eigenvalue weighted by molar-refractivity contribution is -0.131. The van der Waals surface area contributed by atoms with E-state index < -0.39 is 29.1 Å². The van der Waals surface area contributed by atoms with Crippen LogP contribution in [0, 0.1) is 11.6 Å². The largest absolute Gasteiger partial charge is 0.497 e. The van der Waals surface area contributed by atoms with E-state index >= 15 is 0 Å². The molecule has 1 saturated heterocycles. The third-order valence-corrected chi connectivity index (χ3v) is 4.39. The van der Waals surface area contributed by atoms with Gasteiger partial charge < -0.3 is 14.8 Å². The van der Waals surface area contributed by atoms with Gasteiger partial charge in [-0.3, -0.25) is 9.69 Å². The van der Waals surface area contributed by atoms with Crippen LogP contribution in [0.4, 0.5) is 13.6 Å². The average molecular weight is 376 g/mol. The van der Waals surface area contributed by atoms with Crippen molar-refractivity contribution in [3.63, 3.8) is 0 Å². The van der Waals surface area contributed by atoms with Crippen LogP contribution >= 0.6 is 0 Å². The second kappa shape index (κ2) is 7.22. The Balaban J connectivity index is 1.69. The SMILES string of the molecule is COc1ccc(OCCN2C(=O)N[C@@](C)(c3cc(F)ccc3F)C2=O)cc1. The van der Waals surface area contributed by atoms with Crippen LogP contribution in [0.5, 0.6) is 11.5 Å². The van der Waals surface area contributed by atoms with Crippen molar-refractivity contribution >= 4 is 11.9 Å². The number of ether oxygens (including phenoxy) is 2. The molecule has 1 N–H and O–H groups in total. The number of amides is 3. The fraction of sp³-hybridized carbons (Fsp3) is 0.263. The lowest BCUT2D eigenvalue weighted by Gasteiger charge is -2.22. The molecule has 142 valence electrons. The molecule has 1 fully saturated rings. The summed E-state index contributed by atoms with van der Waals surface area (Å²) in [7, 11) is 1.55. The second-order valence-electron chi connectivity index (χ2n) is 6.16. The van der Waals surface area contributed by atoms with Gasteiger partial charge in [0, 0.05) is 5.56 Å². The number of nitrogens with one attached hydrogen (secondary N) is 1. The summed E-state index contributed by atoms with van der Waals surface area (Å²) in [5, 5.41) is 2.44. The van der Waals surface area contributed by atoms with Gasteiger partial charge in [-0.15, -0.1) is 0 Å². The molecule has 3 rings (SSSR count). The molecule has 0 bridgehead atoms. The Hall–Kier alpha value is -3.16. The second-order valence-corrected chi connectivity index (χ2v) is 6.16. The van der Waals surface area contributed by atoms with Crippen molar-refractivity contribution < 1.29 is 27.8 Å². The number of hydrogen-bond donors (Lipinski definition) is 1. The molecule has 1 aliphatic rings. The summed E-state index contributed by atoms with van der Waals surface area (Å²) in [5.74, 6) is -0.929. The van der Waals surface area contributed by atoms with E-state index in [0.717, 1.165) is 23.1 Å². The number of methoxy groups -OCH3 is 1. The fourth-order valence-electron chi connectivity index (χ4n) is 2.89. The van der Waals surface area contributed by atoms with Crippen LogP contribution in [0.25, 0.3) is 0 Å². The highest BCUT2D eigenvalue weighted by Gasteiger charge is 2.50. The molecule has 1 heterocycles. The van der Waals surface area contributed by atoms with E-state index in [1.165, 1.54) is 6.92 Å². The summed E-state index contributed by atoms with van der Waals surface area (Å²) in [6.07, 6.45) is 0. The first-order chi connectivity index (χ1) is 12.8. The van der Waals surface area contributed by atoms with E-state index in [1.807, 2.05) is 0 Å². The van der Waals surface area contributed by atoms with Crippen LogP contribution in [0.2, 0.25) is 0 Å². The topological polar surface area (TPSA) is 67.9 Å². The van der Waals surface area contributed by atoms with Crippen LogP contribution in [0.15, 0.2) is 42.5 Å². The Morgan fingerprint density at radius 2 is 1.74 bits per heavy atom. The monoisotopic (exact) mass is 376 g/mol. The molecule has 1 aliphatic heterocycles. The highest BCUT2D eigenvalue weighted by Crippen LogP contribution is 2.31. The van der Waals surface area contributed by atoms with Gasteiger partial charge in [0.25, 0.3) is 5.91 Å². The van der Waals surface area contributed by atoms with E-state index in [4.69, 9.17) is 9.47 Å². The zero-order valence-electron chi connectivity index (χ0n) is 14.8. The number of carbonyl (C=O) groups excluding carboxylic acids is 2. The van der Waals surface area contributed by atoms with Gasteiger partial charge in [-0.2, -0.15) is 0 Å². The fourth-order valence-corrected chi connectivity index (χ4v) is 2.89. The van der Waals surface area contributed by atoms with Gasteiger partial charge in [0.2, 0.25) is 0 Å². The van der Waals surface area contributed by atoms with E-state index in [1.54, 1.807) is 31.4 Å². The Morgan fingerprint density at radius 1 is 1.07 bits per heavy atom. The first kappa shape index (κ1) is 18.6. The normalized spacial score (nSPS) is 19.2. The number of nitrogens with zero attached hydrogens (tertiary/aromatic N) is 1. The van der Waals surface area contributed by atoms with Crippen molar-refractivity contribution in [3.8, 4) is 11.5 Å². The predicted octanol–water partition coefficient (Wildman–Crippen LogP) is 2.82. The number of urea groups is 1. The van der Waals surface area contributed by atoms with E-state index in [9.17, 15) is 18.4 Å². The average Bonchev–Trinajstić information content (AvgIpc) is 2.88. The Labute approximate surface area is 154 Å². The molecule has 0 saturated carbocycles. The number of benzene rings is 2. The third-order valence-electron chi connectivity index (χ3n) is 4.39. The van der Waals surface area contributed by atoms with Gasteiger partial charge in [0.05, 0.1) is 13.7 Å². The minimum absolute atomic E-state index is 0.0385. The van der Waals surface area contributed by atoms with Gasteiger partial charge in [0.1, 0.15) is 35.3 Å². The quantitative estimate of drug-likeness (QED) is 0.788. The summed E-state index contributed by atoms with van der Waals surface area (Å²) >= 11 is 0. The molecular weight excluding hydrogens is 358 g/mol. The summed E-state index contributed by atoms with van der Waals surface area (Å²) < 4.78 is 38.2. The van der Waals surface area contributed by atoms with Crippen molar-refractivity contribution in [2.24, 2.45) is 0 Å². The van der Waals surface area contributed by atoms with Crippen molar-refractivity contribution in [1.29, 1.82) is 0 Å². The molecule has 0 aliphatic carbocycles. The minimum Gasteiger partial charge on any atom is -0.497 e. The molecule has 2 aromatic carbocycles. The van der Waals surface area contributed by atoms with Crippen molar-refractivity contribution in [2.75, 3.05) is 20.3 Å². The van der Waals surface area contributed by atoms with Crippen LogP contribution < -0.4 is 14.8 Å². The van der Waals surface area contributed by atoms with E-state index in [2.05, 4.69) is 5.32 Å². The minimum atomic E-state index is -1.68. The number of rotatable bonds is 6. The maximum absolute atomic E-state index is 14.1. The lowest BCUT2D eigenvalue weighted by Crippen LogP contribution is -2.42. The van der Waals surface area contributed by atoms with Gasteiger partial charge in [-0.1, -0.05) is 0 Å². The van der Waals surface area contributed by atoms with Gasteiger partial charge in [0.15, 0.2) is 0 Å². The summed E-state index contributed by atoms with van der Waals surface area (Å²) in [5.41, 5.74) is -1.90. The van der Waals surface area contributed by atoms with Crippen molar-refractivity contribution in [1.82, 2.24) is 10.2 Å². The zero-order valence-corrected chi connectivity index (χ0v) is 14.8. The maximum Gasteiger partial charge on any atom is 0.325 e. The highest BCUT2D eigenvalue weighted by molar-refractivity contribution is 6.07. The third kappa shape index (κ3) is 3.55. The van der Waals surface area contributed by atoms with Crippen LogP contribution in [0.1, 0.15) is 12.5 Å². The molecule has 8 heteroatoms. The van der Waals surface area contributed by atoms with Gasteiger partial charge in [-0.05, 0) is 49.4 Å². The lowest BCUT2D eigenvalue weighted by atomic mass is 9.91. The number of hydrogen-bond acceptors (Lipinski definition) is 4. The molecule has 0 unspecified atom stereocenters. The summed E-state index contributed by atoms with van der Waals surface area (Å²) in [6.45, 7) is 1.35. The molecule has 2 aromatic rings. The van der Waals surface area contributed by atoms with Crippen LogP contribution in [-0.4, -0.2) is 37.1 Å². The summed E-state index contributed by atoms with van der Waals surface area (Å²) in [4.78, 5) is 25.8. The van der Waals surface area contributed by atoms with Gasteiger partial charge >= 0.3 is 6.03 Å². The molecule has 1 atom stereocenters. The van der Waals surface area contributed by atoms with E-state index in [0.29, 0.717) is 11.5 Å². The zero-order chi connectivity index (χ0) is 19.6. The Kier molecular flexibility index (Phi) is 4.98. The molecular formula is C19H18F2N2O4. The van der Waals surface area contributed by atoms with Crippen molar-refractivity contribution in [2.45, 2.75) is 12.5 Å². The molecule has 6 nitrogen and oxygen atoms in total. The first-order valence-corrected chi connectivity index (χ1v) is 8.21. The molecule has 27 heavy (non-hydrogen) atoms. The molecule has 0 radical (unpaired) electrons. The Morgan fingerprint density at radius 3 is 2.41 bits per heavy atom. The standard InChI is InChI=1S/C19H18F2N2O4/c1-19(15-11-12(20)3-8-16(15)21)17(24)23(18(25)22-19)9-10-27-14-6-4-13(26-2)5-7-14/h3-8,11H,9-10H2,1-2H3,(H,22,25)/t19-/m0/s1. The van der Waals surface area contributed by atoms with Crippen LogP contribution in [0.3, 0.4) is 0 Å². The molecule has 0 aromatic heterocycles. The maximum atomic E-state index is 14.1. The van der Waals surface area contributed by atoms with Crippen molar-refractivity contribution in [3.05, 3.63) is 59.7 Å². The predicted molar refractivity (Wildman–Crippen MR) is 92.4 cm³/mol. The number of carbonyl (C=O) groups is 2. The summed E-state index contributed by atoms with van der Waals surface area (Å²) in [6, 6.07) is 8.90. The number of imide groups is 1. The highest BCUT2D eigenvalue weighted by atomic mass is 19.1. The van der Waals surface area contributed by atoms with E-state index in [-0.39, 0.29) is 18.7 Å². The number of halogens is 2. The van der Waals surface area contributed by atoms with Crippen LogP contribution in [-0.2, 0) is 10.3 Å². The Bertz CT molecular complexity index is 873. The molecule has 0 spiro atoms. The first-order valence-electron chi connectivity index (χ1n) is 8.21. The molecule has 3 amide bonds.